The van der Waals surface area contributed by atoms with Gasteiger partial charge in [0, 0.05) is 40.3 Å². The van der Waals surface area contributed by atoms with Gasteiger partial charge in [0.1, 0.15) is 46.9 Å². The Kier molecular flexibility index (Phi) is 14.1. The summed E-state index contributed by atoms with van der Waals surface area (Å²) in [5.74, 6) is -6.42. The minimum Gasteiger partial charge on any atom is -0.465 e. The maximum Gasteiger partial charge on any atom is 0.435 e. The molecule has 1 saturated carbocycles. The van der Waals surface area contributed by atoms with Crippen molar-refractivity contribution in [2.75, 3.05) is 6.26 Å². The highest BCUT2D eigenvalue weighted by Gasteiger charge is 2.68. The fourth-order valence-corrected chi connectivity index (χ4v) is 9.31. The zero-order chi connectivity index (χ0) is 53.4. The van der Waals surface area contributed by atoms with Crippen LogP contribution in [0.1, 0.15) is 78.7 Å². The van der Waals surface area contributed by atoms with Crippen LogP contribution in [0.4, 0.5) is 48.7 Å². The van der Waals surface area contributed by atoms with E-state index in [1.165, 1.54) is 19.9 Å². The molecule has 2 aromatic carbocycles. The largest absolute Gasteiger partial charge is 0.465 e. The van der Waals surface area contributed by atoms with E-state index >= 15 is 8.78 Å². The van der Waals surface area contributed by atoms with E-state index in [0.717, 1.165) is 43.5 Å². The Balaban J connectivity index is 1.45. The Morgan fingerprint density at radius 2 is 1.64 bits per heavy atom. The Morgan fingerprint density at radius 3 is 2.22 bits per heavy atom. The molecule has 4 N–H and O–H groups in total. The molecule has 16 nitrogen and oxygen atoms in total. The summed E-state index contributed by atoms with van der Waals surface area (Å²) < 4.78 is 193. The molecule has 0 aliphatic heterocycles. The second-order valence-electron chi connectivity index (χ2n) is 17.4. The standard InChI is InChI=1S/C43H37ClF10N8O8S2/c1-19(55-39(65)66)38(64)62(71(67)68)16-30-33-28(44)8-7-25(35(33)61(58-30)18-41(47,48)49)24-6-5-23(9-10-40(2,3)72(4,69)70)56-34(24)29(13-20-11-21(45)14-22(46)12-20)57-31(63)17-60-37-32(36(59-60)43(52,53)54)26-15-27(26)42(37,50)51/h5-8,11-12,14,19,26-27,29,55H,13,15-18H2,1-4H3,(H,57,63)(H,65,66)(H,67,68)/t19?,26-,27+,29?/m0/s1. The van der Waals surface area contributed by atoms with Crippen LogP contribution < -0.4 is 10.6 Å². The molecule has 386 valence electrons. The van der Waals surface area contributed by atoms with Crippen molar-refractivity contribution in [3.05, 3.63) is 98.7 Å². The number of nitrogens with one attached hydrogen (secondary N) is 2. The Bertz CT molecular complexity index is 3240. The fraction of sp³-hybridized carbons (Fsp3) is 0.395. The van der Waals surface area contributed by atoms with Gasteiger partial charge in [0.25, 0.3) is 23.1 Å². The number of nitrogens with zero attached hydrogens (tertiary/aromatic N) is 6. The highest BCUT2D eigenvalue weighted by Crippen LogP contribution is 2.68. The van der Waals surface area contributed by atoms with Crippen LogP contribution in [0.2, 0.25) is 5.02 Å². The van der Waals surface area contributed by atoms with E-state index in [9.17, 15) is 66.7 Å². The summed E-state index contributed by atoms with van der Waals surface area (Å²) >= 11 is 3.33. The third-order valence-electron chi connectivity index (χ3n) is 11.8. The van der Waals surface area contributed by atoms with Crippen LogP contribution >= 0.6 is 11.6 Å². The zero-order valence-corrected chi connectivity index (χ0v) is 39.8. The third kappa shape index (κ3) is 10.9. The number of hydrogen-bond acceptors (Lipinski definition) is 9. The first kappa shape index (κ1) is 53.5. The van der Waals surface area contributed by atoms with Crippen LogP contribution in [0.25, 0.3) is 22.0 Å². The molecule has 72 heavy (non-hydrogen) atoms. The van der Waals surface area contributed by atoms with E-state index in [1.807, 2.05) is 0 Å². The van der Waals surface area contributed by atoms with E-state index in [-0.39, 0.29) is 42.8 Å². The van der Waals surface area contributed by atoms with Crippen LogP contribution in [-0.4, -0.2) is 92.3 Å². The number of sulfone groups is 1. The number of amides is 3. The number of alkyl halides is 8. The van der Waals surface area contributed by atoms with Gasteiger partial charge in [0.15, 0.2) is 15.5 Å². The molecule has 1 fully saturated rings. The van der Waals surface area contributed by atoms with E-state index in [0.29, 0.717) is 10.7 Å². The molecule has 29 heteroatoms. The Morgan fingerprint density at radius 1 is 1.00 bits per heavy atom. The minimum absolute atomic E-state index is 0.164. The Hall–Kier alpha value is -6.31. The lowest BCUT2D eigenvalue weighted by Gasteiger charge is -2.23. The topological polar surface area (TPSA) is 219 Å². The number of carbonyl (C=O) groups excluding carboxylic acids is 2. The second-order valence-corrected chi connectivity index (χ2v) is 21.3. The molecule has 0 radical (unpaired) electrons. The van der Waals surface area contributed by atoms with Crippen molar-refractivity contribution >= 4 is 61.5 Å². The number of rotatable bonds is 14. The number of fused-ring (bicyclic) bond motifs is 4. The van der Waals surface area contributed by atoms with Crippen molar-refractivity contribution in [2.24, 2.45) is 5.92 Å². The fourth-order valence-electron chi connectivity index (χ4n) is 8.27. The first-order valence-corrected chi connectivity index (χ1v) is 24.2. The number of pyridine rings is 1. The number of carboxylic acid groups (broad SMARTS) is 1. The van der Waals surface area contributed by atoms with Crippen molar-refractivity contribution < 1.29 is 80.6 Å². The van der Waals surface area contributed by atoms with Gasteiger partial charge >= 0.3 is 18.4 Å². The van der Waals surface area contributed by atoms with Gasteiger partial charge in [0.05, 0.1) is 34.5 Å². The molecule has 0 bridgehead atoms. The third-order valence-corrected chi connectivity index (χ3v) is 14.8. The van der Waals surface area contributed by atoms with Crippen LogP contribution in [0.3, 0.4) is 0 Å². The predicted molar refractivity (Wildman–Crippen MR) is 235 cm³/mol. The summed E-state index contributed by atoms with van der Waals surface area (Å²) in [4.78, 5) is 43.1. The molecule has 0 saturated heterocycles. The first-order chi connectivity index (χ1) is 33.2. The molecular weight excluding hydrogens is 1050 g/mol. The lowest BCUT2D eigenvalue weighted by Crippen LogP contribution is -2.46. The van der Waals surface area contributed by atoms with Crippen LogP contribution in [0, 0.1) is 29.4 Å². The summed E-state index contributed by atoms with van der Waals surface area (Å²) in [6.45, 7) is -0.828. The molecule has 2 aliphatic rings. The molecule has 3 amide bonds. The molecule has 0 spiro atoms. The molecule has 3 unspecified atom stereocenters. The van der Waals surface area contributed by atoms with Gasteiger partial charge in [-0.2, -0.15) is 45.3 Å². The summed E-state index contributed by atoms with van der Waals surface area (Å²) in [7, 11) is -3.91. The van der Waals surface area contributed by atoms with E-state index in [2.05, 4.69) is 32.3 Å². The van der Waals surface area contributed by atoms with Gasteiger partial charge < -0.3 is 15.7 Å². The summed E-state index contributed by atoms with van der Waals surface area (Å²) in [6.07, 6.45) is -12.1. The Labute approximate surface area is 408 Å². The van der Waals surface area contributed by atoms with Crippen molar-refractivity contribution in [1.82, 2.24) is 39.5 Å². The number of hydrogen-bond donors (Lipinski definition) is 4. The SMILES string of the molecule is CC(NC(=O)O)C(=O)N(Cc1nn(CC(F)(F)F)c2c(-c3ccc(C#CC(C)(C)S(C)(=O)=O)nc3C(Cc3cc(F)cc(F)c3)NC(=O)Cn3nc(C(F)(F)F)c4c3C(F)(F)[C@@H]3C[C@H]43)ccc(Cl)c12)S(=O)O. The highest BCUT2D eigenvalue weighted by atomic mass is 35.5. The van der Waals surface area contributed by atoms with Crippen LogP contribution in [0.15, 0.2) is 42.5 Å². The van der Waals surface area contributed by atoms with Crippen LogP contribution in [0.5, 0.6) is 0 Å². The van der Waals surface area contributed by atoms with Gasteiger partial charge in [0.2, 0.25) is 5.91 Å². The number of halogens is 11. The molecule has 3 aromatic heterocycles. The monoisotopic (exact) mass is 1080 g/mol. The average molecular weight is 1080 g/mol. The van der Waals surface area contributed by atoms with Crippen molar-refractivity contribution in [3.63, 3.8) is 0 Å². The van der Waals surface area contributed by atoms with E-state index < -0.39 is 163 Å². The van der Waals surface area contributed by atoms with Gasteiger partial charge in [-0.05, 0) is 81.3 Å². The number of carbonyl (C=O) groups is 3. The van der Waals surface area contributed by atoms with Crippen LogP contribution in [-0.2, 0) is 68.8 Å². The lowest BCUT2D eigenvalue weighted by molar-refractivity contribution is -0.143. The molecule has 2 aliphatic carbocycles. The normalized spacial score (nSPS) is 17.6. The average Bonchev–Trinajstić information content (AvgIpc) is 3.75. The van der Waals surface area contributed by atoms with Crippen molar-refractivity contribution in [1.29, 1.82) is 0 Å². The van der Waals surface area contributed by atoms with E-state index in [4.69, 9.17) is 16.7 Å². The maximum atomic E-state index is 15.6. The van der Waals surface area contributed by atoms with Gasteiger partial charge in [-0.1, -0.05) is 23.6 Å². The smallest absolute Gasteiger partial charge is 0.435 e. The number of benzene rings is 2. The molecular formula is C43H37ClF10N8O8S2. The lowest BCUT2D eigenvalue weighted by atomic mass is 9.93. The summed E-state index contributed by atoms with van der Waals surface area (Å²) in [5, 5.41) is 19.9. The zero-order valence-electron chi connectivity index (χ0n) is 37.4. The van der Waals surface area contributed by atoms with Gasteiger partial charge in [-0.15, -0.1) is 0 Å². The van der Waals surface area contributed by atoms with Gasteiger partial charge in [-0.25, -0.2) is 35.5 Å². The predicted octanol–water partition coefficient (Wildman–Crippen LogP) is 7.41. The molecule has 5 atom stereocenters. The number of aromatic nitrogens is 5. The minimum atomic E-state index is -5.23. The second kappa shape index (κ2) is 18.9. The highest BCUT2D eigenvalue weighted by molar-refractivity contribution is 7.92. The van der Waals surface area contributed by atoms with E-state index in [1.54, 1.807) is 5.32 Å². The molecule has 7 rings (SSSR count). The summed E-state index contributed by atoms with van der Waals surface area (Å²) in [5.41, 5.74) is -6.23. The van der Waals surface area contributed by atoms with Gasteiger partial charge in [-0.3, -0.25) is 23.5 Å². The quantitative estimate of drug-likeness (QED) is 0.0488. The molecule has 5 aromatic rings. The molecule has 3 heterocycles. The van der Waals surface area contributed by atoms with Crippen molar-refractivity contribution in [3.8, 4) is 23.0 Å². The van der Waals surface area contributed by atoms with Crippen molar-refractivity contribution in [2.45, 2.75) is 94.3 Å². The first-order valence-electron chi connectivity index (χ1n) is 20.9. The summed E-state index contributed by atoms with van der Waals surface area (Å²) in [6, 6.07) is 3.19. The maximum absolute atomic E-state index is 15.6.